The SMILES string of the molecule is NCCCCC(NC(=O)C(CCCN=C(N)N)NC(=O)CNC(=O)C(N)CS)C(=O)O. The van der Waals surface area contributed by atoms with Crippen LogP contribution in [0.25, 0.3) is 0 Å². The van der Waals surface area contributed by atoms with Crippen molar-refractivity contribution < 1.29 is 24.3 Å². The first-order valence-electron chi connectivity index (χ1n) is 9.84. The van der Waals surface area contributed by atoms with E-state index in [1.54, 1.807) is 0 Å². The molecule has 0 rings (SSSR count). The van der Waals surface area contributed by atoms with Gasteiger partial charge in [0.1, 0.15) is 12.1 Å². The number of unbranched alkanes of at least 4 members (excludes halogenated alkanes) is 1. The fourth-order valence-corrected chi connectivity index (χ4v) is 2.59. The third-order valence-corrected chi connectivity index (χ3v) is 4.51. The van der Waals surface area contributed by atoms with Crippen LogP contribution in [0.3, 0.4) is 0 Å². The van der Waals surface area contributed by atoms with E-state index in [-0.39, 0.29) is 31.1 Å². The molecule has 0 aromatic carbocycles. The maximum absolute atomic E-state index is 12.6. The lowest BCUT2D eigenvalue weighted by Gasteiger charge is -2.21. The van der Waals surface area contributed by atoms with Crippen molar-refractivity contribution in [1.82, 2.24) is 16.0 Å². The zero-order chi connectivity index (χ0) is 23.8. The Kier molecular flexibility index (Phi) is 14.8. The Bertz CT molecular complexity index is 630. The van der Waals surface area contributed by atoms with Crippen LogP contribution in [-0.4, -0.2) is 78.3 Å². The van der Waals surface area contributed by atoms with E-state index >= 15 is 0 Å². The van der Waals surface area contributed by atoms with Crippen LogP contribution in [0.15, 0.2) is 4.99 Å². The zero-order valence-electron chi connectivity index (χ0n) is 17.4. The van der Waals surface area contributed by atoms with Crippen LogP contribution < -0.4 is 38.9 Å². The zero-order valence-corrected chi connectivity index (χ0v) is 18.3. The van der Waals surface area contributed by atoms with Crippen LogP contribution in [0.5, 0.6) is 0 Å². The number of aliphatic carboxylic acids is 1. The molecule has 0 spiro atoms. The summed E-state index contributed by atoms with van der Waals surface area (Å²) in [5.41, 5.74) is 21.4. The molecule has 3 unspecified atom stereocenters. The maximum Gasteiger partial charge on any atom is 0.326 e. The van der Waals surface area contributed by atoms with Gasteiger partial charge >= 0.3 is 5.97 Å². The van der Waals surface area contributed by atoms with Gasteiger partial charge in [0.15, 0.2) is 5.96 Å². The molecular formula is C17H34N8O5S. The molecule has 3 amide bonds. The van der Waals surface area contributed by atoms with Gasteiger partial charge < -0.3 is 44.0 Å². The Morgan fingerprint density at radius 2 is 1.61 bits per heavy atom. The summed E-state index contributed by atoms with van der Waals surface area (Å²) in [6.45, 7) is 0.220. The number of nitrogens with zero attached hydrogens (tertiary/aromatic N) is 1. The minimum absolute atomic E-state index is 0.101. The molecule has 31 heavy (non-hydrogen) atoms. The molecule has 0 aliphatic carbocycles. The molecule has 13 nitrogen and oxygen atoms in total. The van der Waals surface area contributed by atoms with E-state index < -0.39 is 48.4 Å². The Morgan fingerprint density at radius 1 is 0.968 bits per heavy atom. The molecule has 0 heterocycles. The fraction of sp³-hybridized carbons (Fsp3) is 0.706. The average Bonchev–Trinajstić information content (AvgIpc) is 2.72. The second kappa shape index (κ2) is 16.2. The number of amides is 3. The molecule has 3 atom stereocenters. The first kappa shape index (κ1) is 28.4. The number of carboxylic acid groups (broad SMARTS) is 1. The van der Waals surface area contributed by atoms with Gasteiger partial charge in [0.2, 0.25) is 17.7 Å². The Morgan fingerprint density at radius 3 is 2.16 bits per heavy atom. The molecule has 0 aromatic rings. The molecule has 0 saturated heterocycles. The van der Waals surface area contributed by atoms with E-state index in [0.29, 0.717) is 25.8 Å². The molecule has 0 bridgehead atoms. The molecule has 0 aliphatic heterocycles. The summed E-state index contributed by atoms with van der Waals surface area (Å²) in [6.07, 6.45) is 1.83. The van der Waals surface area contributed by atoms with Crippen LogP contribution >= 0.6 is 12.6 Å². The van der Waals surface area contributed by atoms with Crippen molar-refractivity contribution >= 4 is 42.3 Å². The third-order valence-electron chi connectivity index (χ3n) is 4.12. The highest BCUT2D eigenvalue weighted by Gasteiger charge is 2.26. The Balaban J connectivity index is 5.01. The number of hydrogen-bond donors (Lipinski definition) is 9. The summed E-state index contributed by atoms with van der Waals surface area (Å²) < 4.78 is 0. The number of aliphatic imine (C=N–C) groups is 1. The molecule has 178 valence electrons. The van der Waals surface area contributed by atoms with Crippen LogP contribution in [0, 0.1) is 0 Å². The highest BCUT2D eigenvalue weighted by molar-refractivity contribution is 7.80. The number of nitrogens with two attached hydrogens (primary N) is 4. The number of carboxylic acids is 1. The van der Waals surface area contributed by atoms with Gasteiger partial charge in [0, 0.05) is 12.3 Å². The molecule has 14 heteroatoms. The van der Waals surface area contributed by atoms with Crippen molar-refractivity contribution in [3.63, 3.8) is 0 Å². The average molecular weight is 463 g/mol. The quantitative estimate of drug-likeness (QED) is 0.0479. The van der Waals surface area contributed by atoms with E-state index in [1.165, 1.54) is 0 Å². The van der Waals surface area contributed by atoms with Crippen molar-refractivity contribution in [2.24, 2.45) is 27.9 Å². The van der Waals surface area contributed by atoms with Crippen molar-refractivity contribution in [1.29, 1.82) is 0 Å². The molecule has 0 fully saturated rings. The molecule has 0 aliphatic rings. The highest BCUT2D eigenvalue weighted by atomic mass is 32.1. The number of thiol groups is 1. The number of carbonyl (C=O) groups is 4. The Hall–Kier alpha value is -2.58. The van der Waals surface area contributed by atoms with Crippen LogP contribution in [0.2, 0.25) is 0 Å². The van der Waals surface area contributed by atoms with Gasteiger partial charge in [-0.1, -0.05) is 0 Å². The third kappa shape index (κ3) is 13.4. The van der Waals surface area contributed by atoms with Crippen molar-refractivity contribution in [3.05, 3.63) is 0 Å². The number of nitrogens with one attached hydrogen (secondary N) is 3. The van der Waals surface area contributed by atoms with E-state index in [0.717, 1.165) is 0 Å². The summed E-state index contributed by atoms with van der Waals surface area (Å²) in [7, 11) is 0. The van der Waals surface area contributed by atoms with Crippen LogP contribution in [-0.2, 0) is 19.2 Å². The van der Waals surface area contributed by atoms with Gasteiger partial charge in [0.05, 0.1) is 12.6 Å². The summed E-state index contributed by atoms with van der Waals surface area (Å²) >= 11 is 3.90. The van der Waals surface area contributed by atoms with E-state index in [9.17, 15) is 24.3 Å². The van der Waals surface area contributed by atoms with Gasteiger partial charge in [0.25, 0.3) is 0 Å². The smallest absolute Gasteiger partial charge is 0.326 e. The van der Waals surface area contributed by atoms with Gasteiger partial charge in [-0.3, -0.25) is 19.4 Å². The summed E-state index contributed by atoms with van der Waals surface area (Å²) in [6, 6.07) is -3.04. The fourth-order valence-electron chi connectivity index (χ4n) is 2.42. The molecule has 12 N–H and O–H groups in total. The number of hydrogen-bond acceptors (Lipinski definition) is 8. The monoisotopic (exact) mass is 462 g/mol. The van der Waals surface area contributed by atoms with Crippen molar-refractivity contribution in [3.8, 4) is 0 Å². The van der Waals surface area contributed by atoms with Crippen LogP contribution in [0.1, 0.15) is 32.1 Å². The first-order chi connectivity index (χ1) is 14.6. The standard InChI is InChI=1S/C17H34N8O5S/c18-6-2-1-4-12(16(29)30)25-15(28)11(5-3-7-22-17(20)21)24-13(26)8-23-14(27)10(19)9-31/h10-12,31H,1-9,18-19H2,(H,23,27)(H,24,26)(H,25,28)(H,29,30)(H4,20,21,22). The largest absolute Gasteiger partial charge is 0.480 e. The minimum Gasteiger partial charge on any atom is -0.480 e. The lowest BCUT2D eigenvalue weighted by Crippen LogP contribution is -2.53. The first-order valence-corrected chi connectivity index (χ1v) is 10.5. The Labute approximate surface area is 186 Å². The highest BCUT2D eigenvalue weighted by Crippen LogP contribution is 2.04. The summed E-state index contributed by atoms with van der Waals surface area (Å²) in [4.78, 5) is 51.7. The van der Waals surface area contributed by atoms with Crippen molar-refractivity contribution in [2.75, 3.05) is 25.4 Å². The normalized spacial score (nSPS) is 13.4. The minimum atomic E-state index is -1.19. The molecule has 0 saturated carbocycles. The predicted octanol–water partition coefficient (Wildman–Crippen LogP) is -3.40. The topological polar surface area (TPSA) is 241 Å². The predicted molar refractivity (Wildman–Crippen MR) is 119 cm³/mol. The second-order valence-corrected chi connectivity index (χ2v) is 7.12. The molecular weight excluding hydrogens is 428 g/mol. The van der Waals surface area contributed by atoms with Crippen LogP contribution in [0.4, 0.5) is 0 Å². The van der Waals surface area contributed by atoms with Gasteiger partial charge in [-0.25, -0.2) is 4.79 Å². The number of guanidine groups is 1. The van der Waals surface area contributed by atoms with E-state index in [1.807, 2.05) is 0 Å². The molecule has 0 aromatic heterocycles. The van der Waals surface area contributed by atoms with Gasteiger partial charge in [-0.15, -0.1) is 0 Å². The lowest BCUT2D eigenvalue weighted by molar-refractivity contribution is -0.142. The lowest BCUT2D eigenvalue weighted by atomic mass is 10.1. The maximum atomic E-state index is 12.6. The second-order valence-electron chi connectivity index (χ2n) is 6.76. The van der Waals surface area contributed by atoms with Gasteiger partial charge in [-0.05, 0) is 38.6 Å². The summed E-state index contributed by atoms with van der Waals surface area (Å²) in [5.74, 6) is -3.08. The van der Waals surface area contributed by atoms with E-state index in [2.05, 4.69) is 33.6 Å². The van der Waals surface area contributed by atoms with Crippen molar-refractivity contribution in [2.45, 2.75) is 50.2 Å². The van der Waals surface area contributed by atoms with Gasteiger partial charge in [-0.2, -0.15) is 12.6 Å². The summed E-state index contributed by atoms with van der Waals surface area (Å²) in [5, 5.41) is 16.6. The van der Waals surface area contributed by atoms with E-state index in [4.69, 9.17) is 22.9 Å². The molecule has 0 radical (unpaired) electrons. The number of carbonyl (C=O) groups excluding carboxylic acids is 3. The number of rotatable bonds is 16.